The van der Waals surface area contributed by atoms with Crippen molar-refractivity contribution in [3.05, 3.63) is 16.1 Å². The number of carbonyl (C=O) groups excluding carboxylic acids is 1. The standard InChI is InChI=1S/C24H35IN6O2/c1-23(2,3)33-22(32)30-11-9-24(14-30)8-10-29(13-24)16-4-6-17(7-5-16)31-12-18(25)19-20(26)27-15-28-21(19)31/h12,15-17H,4-11,13-14H2,1-3H3,(H2,26,27,28). The second-order valence-electron chi connectivity index (χ2n) is 11.2. The molecule has 1 saturated carbocycles. The average Bonchev–Trinajstić information content (AvgIpc) is 3.46. The Morgan fingerprint density at radius 1 is 1.12 bits per heavy atom. The van der Waals surface area contributed by atoms with Crippen LogP contribution in [0.15, 0.2) is 12.5 Å². The highest BCUT2D eigenvalue weighted by Crippen LogP contribution is 2.43. The van der Waals surface area contributed by atoms with Crippen LogP contribution in [0.25, 0.3) is 11.0 Å². The van der Waals surface area contributed by atoms with Gasteiger partial charge in [-0.25, -0.2) is 14.8 Å². The van der Waals surface area contributed by atoms with Gasteiger partial charge < -0.3 is 19.9 Å². The second-order valence-corrected chi connectivity index (χ2v) is 12.3. The Morgan fingerprint density at radius 3 is 2.55 bits per heavy atom. The maximum absolute atomic E-state index is 12.5. The third-order valence-electron chi connectivity index (χ3n) is 7.73. The molecule has 1 unspecified atom stereocenters. The van der Waals surface area contributed by atoms with Crippen LogP contribution in [0.3, 0.4) is 0 Å². The largest absolute Gasteiger partial charge is 0.444 e. The van der Waals surface area contributed by atoms with Gasteiger partial charge in [-0.05, 0) is 88.4 Å². The Kier molecular flexibility index (Phi) is 5.99. The maximum Gasteiger partial charge on any atom is 0.410 e. The van der Waals surface area contributed by atoms with Crippen LogP contribution in [-0.2, 0) is 4.74 Å². The molecule has 9 heteroatoms. The maximum atomic E-state index is 12.5. The van der Waals surface area contributed by atoms with Crippen LogP contribution in [0.5, 0.6) is 0 Å². The van der Waals surface area contributed by atoms with Gasteiger partial charge >= 0.3 is 6.09 Å². The highest BCUT2D eigenvalue weighted by molar-refractivity contribution is 14.1. The summed E-state index contributed by atoms with van der Waals surface area (Å²) in [7, 11) is 0. The van der Waals surface area contributed by atoms with Crippen molar-refractivity contribution in [1.82, 2.24) is 24.3 Å². The highest BCUT2D eigenvalue weighted by atomic mass is 127. The van der Waals surface area contributed by atoms with Gasteiger partial charge in [-0.3, -0.25) is 4.90 Å². The first kappa shape index (κ1) is 23.1. The number of hydrogen-bond donors (Lipinski definition) is 1. The predicted octanol–water partition coefficient (Wildman–Crippen LogP) is 4.43. The van der Waals surface area contributed by atoms with Crippen LogP contribution in [0.4, 0.5) is 10.6 Å². The van der Waals surface area contributed by atoms with Gasteiger partial charge in [0, 0.05) is 46.9 Å². The van der Waals surface area contributed by atoms with Gasteiger partial charge in [0.05, 0.1) is 5.39 Å². The Morgan fingerprint density at radius 2 is 1.82 bits per heavy atom. The molecule has 1 amide bonds. The lowest BCUT2D eigenvalue weighted by Gasteiger charge is -2.36. The van der Waals surface area contributed by atoms with E-state index in [-0.39, 0.29) is 11.5 Å². The van der Waals surface area contributed by atoms with Crippen molar-refractivity contribution in [3.63, 3.8) is 0 Å². The average molecular weight is 566 g/mol. The summed E-state index contributed by atoms with van der Waals surface area (Å²) in [5.74, 6) is 0.566. The highest BCUT2D eigenvalue weighted by Gasteiger charge is 2.47. The van der Waals surface area contributed by atoms with E-state index in [9.17, 15) is 4.79 Å². The number of fused-ring (bicyclic) bond motifs is 1. The molecule has 2 N–H and O–H groups in total. The smallest absolute Gasteiger partial charge is 0.410 e. The van der Waals surface area contributed by atoms with E-state index in [2.05, 4.69) is 48.2 Å². The molecule has 1 atom stereocenters. The van der Waals surface area contributed by atoms with Gasteiger partial charge in [-0.2, -0.15) is 0 Å². The Hall–Kier alpha value is -1.62. The van der Waals surface area contributed by atoms with Crippen molar-refractivity contribution >= 4 is 45.5 Å². The molecule has 180 valence electrons. The number of nitrogen functional groups attached to an aromatic ring is 1. The Balaban J connectivity index is 1.19. The first-order chi connectivity index (χ1) is 15.6. The summed E-state index contributed by atoms with van der Waals surface area (Å²) in [5.41, 5.74) is 6.88. The number of rotatable bonds is 2. The molecule has 2 aromatic heterocycles. The zero-order chi connectivity index (χ0) is 23.4. The molecule has 0 radical (unpaired) electrons. The number of amides is 1. The van der Waals surface area contributed by atoms with E-state index in [1.54, 1.807) is 6.33 Å². The van der Waals surface area contributed by atoms with Gasteiger partial charge in [-0.15, -0.1) is 0 Å². The summed E-state index contributed by atoms with van der Waals surface area (Å²) in [6.45, 7) is 9.71. The third-order valence-corrected chi connectivity index (χ3v) is 8.54. The van der Waals surface area contributed by atoms with Crippen molar-refractivity contribution in [1.29, 1.82) is 0 Å². The van der Waals surface area contributed by atoms with E-state index < -0.39 is 5.60 Å². The van der Waals surface area contributed by atoms with Crippen molar-refractivity contribution < 1.29 is 9.53 Å². The number of carbonyl (C=O) groups is 1. The number of nitrogens with two attached hydrogens (primary N) is 1. The first-order valence-corrected chi connectivity index (χ1v) is 13.2. The van der Waals surface area contributed by atoms with Crippen molar-refractivity contribution in [2.45, 2.75) is 77.0 Å². The summed E-state index contributed by atoms with van der Waals surface area (Å²) >= 11 is 2.34. The van der Waals surface area contributed by atoms with E-state index in [4.69, 9.17) is 10.5 Å². The van der Waals surface area contributed by atoms with Gasteiger partial charge in [0.25, 0.3) is 0 Å². The van der Waals surface area contributed by atoms with Crippen molar-refractivity contribution in [3.8, 4) is 0 Å². The molecule has 8 nitrogen and oxygen atoms in total. The fourth-order valence-corrected chi connectivity index (χ4v) is 6.89. The molecule has 3 fully saturated rings. The molecule has 5 rings (SSSR count). The number of likely N-dealkylation sites (tertiary alicyclic amines) is 2. The number of aromatic nitrogens is 3. The summed E-state index contributed by atoms with van der Waals surface area (Å²) < 4.78 is 9.07. The molecule has 33 heavy (non-hydrogen) atoms. The lowest BCUT2D eigenvalue weighted by atomic mass is 9.86. The zero-order valence-corrected chi connectivity index (χ0v) is 22.0. The molecule has 1 spiro atoms. The van der Waals surface area contributed by atoms with Crippen LogP contribution >= 0.6 is 22.6 Å². The molecule has 3 aliphatic rings. The molecule has 1 aliphatic carbocycles. The lowest BCUT2D eigenvalue weighted by molar-refractivity contribution is 0.0272. The lowest BCUT2D eigenvalue weighted by Crippen LogP contribution is -2.40. The minimum Gasteiger partial charge on any atom is -0.444 e. The molecule has 4 heterocycles. The number of nitrogens with zero attached hydrogens (tertiary/aromatic N) is 5. The van der Waals surface area contributed by atoms with E-state index in [1.165, 1.54) is 19.3 Å². The van der Waals surface area contributed by atoms with Gasteiger partial charge in [-0.1, -0.05) is 0 Å². The second kappa shape index (κ2) is 8.55. The SMILES string of the molecule is CC(C)(C)OC(=O)N1CCC2(CCN(C3CCC(n4cc(I)c5c(N)ncnc54)CC3)C2)C1. The van der Waals surface area contributed by atoms with Crippen molar-refractivity contribution in [2.24, 2.45) is 5.41 Å². The fraction of sp³-hybridized carbons (Fsp3) is 0.708. The number of halogens is 1. The Bertz CT molecular complexity index is 1040. The van der Waals surface area contributed by atoms with Crippen LogP contribution in [0.1, 0.15) is 65.3 Å². The molecule has 2 saturated heterocycles. The van der Waals surface area contributed by atoms with E-state index >= 15 is 0 Å². The summed E-state index contributed by atoms with van der Waals surface area (Å²) in [6.07, 6.45) is 10.6. The number of ether oxygens (including phenoxy) is 1. The van der Waals surface area contributed by atoms with Gasteiger partial charge in [0.2, 0.25) is 0 Å². The summed E-state index contributed by atoms with van der Waals surface area (Å²) in [6, 6.07) is 1.10. The third kappa shape index (κ3) is 4.54. The monoisotopic (exact) mass is 566 g/mol. The molecule has 0 bridgehead atoms. The molecular weight excluding hydrogens is 531 g/mol. The van der Waals surface area contributed by atoms with Crippen LogP contribution in [0.2, 0.25) is 0 Å². The minimum atomic E-state index is -0.436. The number of hydrogen-bond acceptors (Lipinski definition) is 6. The quantitative estimate of drug-likeness (QED) is 0.541. The van der Waals surface area contributed by atoms with Gasteiger partial charge in [0.15, 0.2) is 0 Å². The fourth-order valence-electron chi connectivity index (χ4n) is 6.07. The van der Waals surface area contributed by atoms with Crippen LogP contribution in [-0.4, -0.2) is 68.3 Å². The normalized spacial score (nSPS) is 28.8. The first-order valence-electron chi connectivity index (χ1n) is 12.1. The van der Waals surface area contributed by atoms with Crippen LogP contribution < -0.4 is 5.73 Å². The molecule has 0 aromatic carbocycles. The summed E-state index contributed by atoms with van der Waals surface area (Å²) in [4.78, 5) is 25.9. The van der Waals surface area contributed by atoms with Gasteiger partial charge in [0.1, 0.15) is 23.4 Å². The molecular formula is C24H35IN6O2. The predicted molar refractivity (Wildman–Crippen MR) is 137 cm³/mol. The zero-order valence-electron chi connectivity index (χ0n) is 19.9. The van der Waals surface area contributed by atoms with E-state index in [0.717, 1.165) is 60.0 Å². The van der Waals surface area contributed by atoms with Crippen molar-refractivity contribution in [2.75, 3.05) is 31.9 Å². The molecule has 2 aliphatic heterocycles. The molecule has 2 aromatic rings. The van der Waals surface area contributed by atoms with Crippen LogP contribution in [0, 0.1) is 8.99 Å². The Labute approximate surface area is 209 Å². The van der Waals surface area contributed by atoms with E-state index in [1.807, 2.05) is 25.7 Å². The minimum absolute atomic E-state index is 0.156. The topological polar surface area (TPSA) is 89.5 Å². The van der Waals surface area contributed by atoms with E-state index in [0.29, 0.717) is 17.9 Å². The summed E-state index contributed by atoms with van der Waals surface area (Å²) in [5, 5.41) is 0.984. The number of anilines is 1.